The largest absolute Gasteiger partial charge is 0.361 e. The molecule has 0 aliphatic carbocycles. The third kappa shape index (κ3) is 2.83. The Morgan fingerprint density at radius 1 is 0.964 bits per heavy atom. The second kappa shape index (κ2) is 6.73. The molecule has 1 aromatic heterocycles. The van der Waals surface area contributed by atoms with Crippen LogP contribution in [-0.4, -0.2) is 10.9 Å². The number of H-pyrrole nitrogens is 1. The Bertz CT molecular complexity index is 1170. The van der Waals surface area contributed by atoms with Crippen LogP contribution in [-0.2, 0) is 11.3 Å². The lowest BCUT2D eigenvalue weighted by molar-refractivity contribution is -0.117. The Kier molecular flexibility index (Phi) is 4.06. The minimum atomic E-state index is -0.440. The molecule has 5 rings (SSSR count). The van der Waals surface area contributed by atoms with Gasteiger partial charge in [-0.2, -0.15) is 0 Å². The predicted octanol–water partition coefficient (Wildman–Crippen LogP) is 5.52. The maximum Gasteiger partial charge on any atom is 0.251 e. The van der Waals surface area contributed by atoms with Crippen molar-refractivity contribution in [3.63, 3.8) is 0 Å². The van der Waals surface area contributed by atoms with Gasteiger partial charge in [0.15, 0.2) is 0 Å². The van der Waals surface area contributed by atoms with Gasteiger partial charge in [0.1, 0.15) is 6.04 Å². The summed E-state index contributed by atoms with van der Waals surface area (Å²) in [7, 11) is 0. The van der Waals surface area contributed by atoms with Crippen molar-refractivity contribution in [1.82, 2.24) is 4.98 Å². The van der Waals surface area contributed by atoms with Crippen molar-refractivity contribution >= 4 is 39.8 Å². The van der Waals surface area contributed by atoms with Crippen LogP contribution in [0.15, 0.2) is 79.0 Å². The van der Waals surface area contributed by atoms with Gasteiger partial charge < -0.3 is 15.2 Å². The summed E-state index contributed by atoms with van der Waals surface area (Å²) >= 11 is 6.17. The summed E-state index contributed by atoms with van der Waals surface area (Å²) in [4.78, 5) is 18.6. The number of carbonyl (C=O) groups excluding carboxylic acids is 1. The lowest BCUT2D eigenvalue weighted by Gasteiger charge is -2.38. The van der Waals surface area contributed by atoms with Gasteiger partial charge >= 0.3 is 0 Å². The molecule has 3 aromatic carbocycles. The lowest BCUT2D eigenvalue weighted by Crippen LogP contribution is -2.41. The molecule has 0 fully saturated rings. The fraction of sp³-hybridized carbons (Fsp3) is 0.0870. The van der Waals surface area contributed by atoms with Crippen LogP contribution < -0.4 is 10.2 Å². The quantitative estimate of drug-likeness (QED) is 0.486. The number of aromatic nitrogens is 1. The molecule has 0 bridgehead atoms. The number of hydrogen-bond donors (Lipinski definition) is 2. The van der Waals surface area contributed by atoms with Crippen LogP contribution in [0.3, 0.4) is 0 Å². The molecular formula is C23H18ClN3O. The van der Waals surface area contributed by atoms with Gasteiger partial charge in [0.25, 0.3) is 5.91 Å². The molecule has 5 heteroatoms. The van der Waals surface area contributed by atoms with Crippen LogP contribution in [0.1, 0.15) is 17.2 Å². The van der Waals surface area contributed by atoms with Gasteiger partial charge in [0, 0.05) is 34.2 Å². The number of para-hydroxylation sites is 1. The summed E-state index contributed by atoms with van der Waals surface area (Å²) in [5, 5.41) is 4.70. The summed E-state index contributed by atoms with van der Waals surface area (Å²) in [6.45, 7) is 0.618. The van der Waals surface area contributed by atoms with Gasteiger partial charge in [0.05, 0.1) is 11.4 Å². The predicted molar refractivity (Wildman–Crippen MR) is 114 cm³/mol. The van der Waals surface area contributed by atoms with Crippen LogP contribution in [0.2, 0.25) is 5.02 Å². The zero-order valence-corrected chi connectivity index (χ0v) is 15.8. The number of halogens is 1. The number of fused-ring (bicyclic) bond motifs is 2. The van der Waals surface area contributed by atoms with E-state index in [-0.39, 0.29) is 5.91 Å². The van der Waals surface area contributed by atoms with Crippen molar-refractivity contribution in [3.05, 3.63) is 95.1 Å². The lowest BCUT2D eigenvalue weighted by atomic mass is 9.98. The van der Waals surface area contributed by atoms with E-state index in [1.807, 2.05) is 60.8 Å². The van der Waals surface area contributed by atoms with E-state index in [4.69, 9.17) is 11.6 Å². The maximum atomic E-state index is 13.2. The molecule has 0 saturated heterocycles. The smallest absolute Gasteiger partial charge is 0.251 e. The van der Waals surface area contributed by atoms with Crippen molar-refractivity contribution < 1.29 is 4.79 Å². The van der Waals surface area contributed by atoms with Gasteiger partial charge in [-0.25, -0.2) is 0 Å². The molecular weight excluding hydrogens is 370 g/mol. The monoisotopic (exact) mass is 387 g/mol. The molecule has 4 nitrogen and oxygen atoms in total. The first-order valence-electron chi connectivity index (χ1n) is 9.18. The molecule has 1 aliphatic rings. The summed E-state index contributed by atoms with van der Waals surface area (Å²) < 4.78 is 0. The van der Waals surface area contributed by atoms with Crippen LogP contribution in [0, 0.1) is 0 Å². The highest BCUT2D eigenvalue weighted by molar-refractivity contribution is 6.31. The molecule has 4 aromatic rings. The summed E-state index contributed by atoms with van der Waals surface area (Å²) in [5.41, 5.74) is 4.83. The van der Waals surface area contributed by atoms with Crippen molar-refractivity contribution in [2.24, 2.45) is 0 Å². The van der Waals surface area contributed by atoms with Gasteiger partial charge in [-0.15, -0.1) is 0 Å². The van der Waals surface area contributed by atoms with Gasteiger partial charge in [-0.05, 0) is 29.8 Å². The fourth-order valence-corrected chi connectivity index (χ4v) is 4.10. The highest BCUT2D eigenvalue weighted by atomic mass is 35.5. The van der Waals surface area contributed by atoms with E-state index in [1.165, 1.54) is 0 Å². The SMILES string of the molecule is O=C1Nc2cc(Cl)ccc2N(Cc2ccccc2)[C@H]1c1c[nH]c2ccccc12. The number of nitrogens with one attached hydrogen (secondary N) is 2. The number of benzene rings is 3. The number of carbonyl (C=O) groups is 1. The maximum absolute atomic E-state index is 13.2. The first kappa shape index (κ1) is 16.9. The van der Waals surface area contributed by atoms with E-state index >= 15 is 0 Å². The van der Waals surface area contributed by atoms with Crippen molar-refractivity contribution in [3.8, 4) is 0 Å². The molecule has 1 amide bonds. The van der Waals surface area contributed by atoms with Gasteiger partial charge in [0.2, 0.25) is 0 Å². The Hall–Kier alpha value is -3.24. The first-order chi connectivity index (χ1) is 13.7. The Labute approximate surface area is 167 Å². The summed E-state index contributed by atoms with van der Waals surface area (Å²) in [6, 6.07) is 23.4. The molecule has 0 saturated carbocycles. The number of nitrogens with zero attached hydrogens (tertiary/aromatic N) is 1. The third-order valence-corrected chi connectivity index (χ3v) is 5.43. The zero-order chi connectivity index (χ0) is 19.1. The van der Waals surface area contributed by atoms with E-state index in [0.29, 0.717) is 11.6 Å². The van der Waals surface area contributed by atoms with Crippen molar-refractivity contribution in [2.45, 2.75) is 12.6 Å². The minimum absolute atomic E-state index is 0.0598. The normalized spacial score (nSPS) is 16.1. The van der Waals surface area contributed by atoms with E-state index in [1.54, 1.807) is 6.07 Å². The number of aromatic amines is 1. The van der Waals surface area contributed by atoms with Crippen molar-refractivity contribution in [1.29, 1.82) is 0 Å². The van der Waals surface area contributed by atoms with E-state index < -0.39 is 6.04 Å². The molecule has 2 heterocycles. The Balaban J connectivity index is 1.67. The average Bonchev–Trinajstić information content (AvgIpc) is 3.12. The number of anilines is 2. The van der Waals surface area contributed by atoms with Crippen LogP contribution in [0.25, 0.3) is 10.9 Å². The standard InChI is InChI=1S/C23H18ClN3O/c24-16-10-11-21-20(12-16)26-23(28)22(27(21)14-15-6-2-1-3-7-15)18-13-25-19-9-5-4-8-17(18)19/h1-13,22,25H,14H2,(H,26,28)/t22-/m0/s1. The fourth-order valence-electron chi connectivity index (χ4n) is 3.93. The first-order valence-corrected chi connectivity index (χ1v) is 9.55. The van der Waals surface area contributed by atoms with Crippen molar-refractivity contribution in [2.75, 3.05) is 10.2 Å². The number of amides is 1. The molecule has 1 aliphatic heterocycles. The summed E-state index contributed by atoms with van der Waals surface area (Å²) in [6.07, 6.45) is 1.94. The average molecular weight is 388 g/mol. The molecule has 1 atom stereocenters. The highest BCUT2D eigenvalue weighted by Crippen LogP contribution is 2.42. The molecule has 28 heavy (non-hydrogen) atoms. The number of rotatable bonds is 3. The highest BCUT2D eigenvalue weighted by Gasteiger charge is 2.35. The summed E-state index contributed by atoms with van der Waals surface area (Å²) in [5.74, 6) is -0.0598. The van der Waals surface area contributed by atoms with E-state index in [0.717, 1.165) is 33.4 Å². The second-order valence-electron chi connectivity index (χ2n) is 6.96. The molecule has 0 unspecified atom stereocenters. The molecule has 138 valence electrons. The zero-order valence-electron chi connectivity index (χ0n) is 15.0. The molecule has 0 spiro atoms. The minimum Gasteiger partial charge on any atom is -0.361 e. The second-order valence-corrected chi connectivity index (χ2v) is 7.39. The van der Waals surface area contributed by atoms with E-state index in [9.17, 15) is 4.79 Å². The van der Waals surface area contributed by atoms with Gasteiger partial charge in [-0.3, -0.25) is 4.79 Å². The van der Waals surface area contributed by atoms with Crippen LogP contribution in [0.4, 0.5) is 11.4 Å². The van der Waals surface area contributed by atoms with Crippen LogP contribution in [0.5, 0.6) is 0 Å². The Morgan fingerprint density at radius 2 is 1.75 bits per heavy atom. The molecule has 2 N–H and O–H groups in total. The molecule has 0 radical (unpaired) electrons. The van der Waals surface area contributed by atoms with Gasteiger partial charge in [-0.1, -0.05) is 60.1 Å². The third-order valence-electron chi connectivity index (χ3n) is 5.20. The number of hydrogen-bond acceptors (Lipinski definition) is 2. The van der Waals surface area contributed by atoms with Crippen LogP contribution >= 0.6 is 11.6 Å². The van der Waals surface area contributed by atoms with E-state index in [2.05, 4.69) is 27.3 Å². The topological polar surface area (TPSA) is 48.1 Å². The Morgan fingerprint density at radius 3 is 2.61 bits per heavy atom.